The topological polar surface area (TPSA) is 68.3 Å². The van der Waals surface area contributed by atoms with Gasteiger partial charge in [0.15, 0.2) is 0 Å². The van der Waals surface area contributed by atoms with Crippen molar-refractivity contribution in [3.63, 3.8) is 0 Å². The fourth-order valence-corrected chi connectivity index (χ4v) is 2.21. The van der Waals surface area contributed by atoms with E-state index in [4.69, 9.17) is 4.42 Å². The molecule has 1 heterocycles. The van der Waals surface area contributed by atoms with Crippen LogP contribution in [0.4, 0.5) is 5.69 Å². The zero-order chi connectivity index (χ0) is 14.5. The molecule has 1 N–H and O–H groups in total. The summed E-state index contributed by atoms with van der Waals surface area (Å²) in [6, 6.07) is 8.66. The Hall–Kier alpha value is -1.66. The molecule has 2 aromatic rings. The largest absolute Gasteiger partial charge is 0.460 e. The van der Waals surface area contributed by atoms with Gasteiger partial charge in [0.25, 0.3) is 5.69 Å². The second-order valence-corrected chi connectivity index (χ2v) is 5.22. The first kappa shape index (κ1) is 14.7. The van der Waals surface area contributed by atoms with Crippen molar-refractivity contribution in [2.45, 2.75) is 19.9 Å². The van der Waals surface area contributed by atoms with Gasteiger partial charge in [-0.05, 0) is 53.2 Å². The van der Waals surface area contributed by atoms with Crippen LogP contribution in [0.25, 0.3) is 11.3 Å². The summed E-state index contributed by atoms with van der Waals surface area (Å²) in [6.45, 7) is 3.69. The van der Waals surface area contributed by atoms with Crippen LogP contribution in [-0.2, 0) is 6.54 Å². The van der Waals surface area contributed by atoms with E-state index in [1.165, 1.54) is 6.07 Å². The maximum atomic E-state index is 10.9. The number of halogens is 1. The normalized spacial score (nSPS) is 10.7. The molecule has 0 aliphatic heterocycles. The lowest BCUT2D eigenvalue weighted by Crippen LogP contribution is -2.12. The number of hydrogen-bond acceptors (Lipinski definition) is 4. The molecule has 106 valence electrons. The molecule has 2 rings (SSSR count). The van der Waals surface area contributed by atoms with Crippen LogP contribution in [0.2, 0.25) is 0 Å². The molecule has 0 aliphatic rings. The molecule has 0 atom stereocenters. The van der Waals surface area contributed by atoms with Crippen molar-refractivity contribution in [2.75, 3.05) is 6.54 Å². The number of nitro benzene ring substituents is 1. The van der Waals surface area contributed by atoms with E-state index in [0.29, 0.717) is 22.3 Å². The Morgan fingerprint density at radius 1 is 1.35 bits per heavy atom. The first-order valence-corrected chi connectivity index (χ1v) is 7.15. The fourth-order valence-electron chi connectivity index (χ4n) is 1.82. The van der Waals surface area contributed by atoms with Crippen molar-refractivity contribution in [1.82, 2.24) is 5.32 Å². The van der Waals surface area contributed by atoms with Gasteiger partial charge in [0, 0.05) is 11.6 Å². The van der Waals surface area contributed by atoms with Gasteiger partial charge >= 0.3 is 0 Å². The summed E-state index contributed by atoms with van der Waals surface area (Å²) in [5, 5.41) is 14.2. The van der Waals surface area contributed by atoms with E-state index < -0.39 is 4.92 Å². The number of benzene rings is 1. The molecule has 0 fully saturated rings. The Bertz CT molecular complexity index is 610. The van der Waals surface area contributed by atoms with Crippen molar-refractivity contribution in [3.8, 4) is 11.3 Å². The van der Waals surface area contributed by atoms with Crippen molar-refractivity contribution >= 4 is 21.6 Å². The van der Waals surface area contributed by atoms with Crippen molar-refractivity contribution in [3.05, 3.63) is 50.7 Å². The van der Waals surface area contributed by atoms with Gasteiger partial charge in [0.1, 0.15) is 11.5 Å². The molecule has 0 radical (unpaired) electrons. The van der Waals surface area contributed by atoms with Crippen LogP contribution >= 0.6 is 15.9 Å². The second kappa shape index (κ2) is 6.67. The van der Waals surface area contributed by atoms with Gasteiger partial charge in [-0.25, -0.2) is 0 Å². The van der Waals surface area contributed by atoms with Crippen molar-refractivity contribution < 1.29 is 9.34 Å². The molecule has 0 spiro atoms. The number of nitro groups is 1. The number of hydrogen-bond donors (Lipinski definition) is 1. The first-order chi connectivity index (χ1) is 9.61. The lowest BCUT2D eigenvalue weighted by molar-refractivity contribution is -0.385. The summed E-state index contributed by atoms with van der Waals surface area (Å²) in [5.74, 6) is 1.45. The van der Waals surface area contributed by atoms with Crippen LogP contribution in [0.1, 0.15) is 19.1 Å². The van der Waals surface area contributed by atoms with Gasteiger partial charge in [0.05, 0.1) is 15.9 Å². The predicted octanol–water partition coefficient (Wildman–Crippen LogP) is 4.12. The minimum Gasteiger partial charge on any atom is -0.460 e. The predicted molar refractivity (Wildman–Crippen MR) is 80.5 cm³/mol. The molecule has 0 saturated heterocycles. The lowest BCUT2D eigenvalue weighted by atomic mass is 10.1. The molecule has 20 heavy (non-hydrogen) atoms. The number of nitrogens with one attached hydrogen (secondary N) is 1. The average molecular weight is 339 g/mol. The molecule has 1 aromatic carbocycles. The molecule has 0 unspecified atom stereocenters. The summed E-state index contributed by atoms with van der Waals surface area (Å²) in [7, 11) is 0. The quantitative estimate of drug-likeness (QED) is 0.488. The van der Waals surface area contributed by atoms with Gasteiger partial charge < -0.3 is 9.73 Å². The maximum absolute atomic E-state index is 10.9. The standard InChI is InChI=1S/C14H15BrN2O3/c1-2-7-16-9-11-4-6-14(20-11)10-3-5-12(15)13(8-10)17(18)19/h3-6,8,16H,2,7,9H2,1H3. The summed E-state index contributed by atoms with van der Waals surface area (Å²) >= 11 is 3.17. The minimum atomic E-state index is -0.416. The van der Waals surface area contributed by atoms with Crippen LogP contribution in [0, 0.1) is 10.1 Å². The zero-order valence-electron chi connectivity index (χ0n) is 11.1. The summed E-state index contributed by atoms with van der Waals surface area (Å²) in [5.41, 5.74) is 0.728. The Labute approximate surface area is 125 Å². The molecule has 0 amide bonds. The van der Waals surface area contributed by atoms with Crippen LogP contribution in [0.3, 0.4) is 0 Å². The molecular formula is C14H15BrN2O3. The minimum absolute atomic E-state index is 0.0320. The van der Waals surface area contributed by atoms with Gasteiger partial charge in [-0.2, -0.15) is 0 Å². The molecule has 5 nitrogen and oxygen atoms in total. The molecule has 0 bridgehead atoms. The maximum Gasteiger partial charge on any atom is 0.284 e. The third-order valence-electron chi connectivity index (χ3n) is 2.82. The third kappa shape index (κ3) is 3.46. The number of nitrogens with zero attached hydrogens (tertiary/aromatic N) is 1. The molecule has 6 heteroatoms. The zero-order valence-corrected chi connectivity index (χ0v) is 12.6. The van der Waals surface area contributed by atoms with Crippen LogP contribution in [0.15, 0.2) is 39.2 Å². The van der Waals surface area contributed by atoms with Crippen molar-refractivity contribution in [2.24, 2.45) is 0 Å². The van der Waals surface area contributed by atoms with E-state index in [1.54, 1.807) is 12.1 Å². The van der Waals surface area contributed by atoms with Crippen LogP contribution < -0.4 is 5.32 Å². The van der Waals surface area contributed by atoms with E-state index in [1.807, 2.05) is 12.1 Å². The fraction of sp³-hybridized carbons (Fsp3) is 0.286. The van der Waals surface area contributed by atoms with Crippen LogP contribution in [0.5, 0.6) is 0 Å². The molecule has 0 aliphatic carbocycles. The summed E-state index contributed by atoms with van der Waals surface area (Å²) in [4.78, 5) is 10.5. The first-order valence-electron chi connectivity index (χ1n) is 6.35. The average Bonchev–Trinajstić information content (AvgIpc) is 2.88. The SMILES string of the molecule is CCCNCc1ccc(-c2ccc(Br)c([N+](=O)[O-])c2)o1. The van der Waals surface area contributed by atoms with Crippen LogP contribution in [-0.4, -0.2) is 11.5 Å². The lowest BCUT2D eigenvalue weighted by Gasteiger charge is -2.01. The van der Waals surface area contributed by atoms with Gasteiger partial charge in [0.2, 0.25) is 0 Å². The Morgan fingerprint density at radius 3 is 2.85 bits per heavy atom. The second-order valence-electron chi connectivity index (χ2n) is 4.37. The Kier molecular flexibility index (Phi) is 4.92. The van der Waals surface area contributed by atoms with Gasteiger partial charge in [-0.15, -0.1) is 0 Å². The Morgan fingerprint density at radius 2 is 2.15 bits per heavy atom. The summed E-state index contributed by atoms with van der Waals surface area (Å²) in [6.07, 6.45) is 1.06. The van der Waals surface area contributed by atoms with E-state index in [9.17, 15) is 10.1 Å². The highest BCUT2D eigenvalue weighted by Gasteiger charge is 2.14. The van der Waals surface area contributed by atoms with E-state index in [0.717, 1.165) is 18.7 Å². The number of rotatable bonds is 6. The third-order valence-corrected chi connectivity index (χ3v) is 3.49. The Balaban J connectivity index is 2.19. The van der Waals surface area contributed by atoms with Gasteiger partial charge in [-0.3, -0.25) is 10.1 Å². The smallest absolute Gasteiger partial charge is 0.284 e. The van der Waals surface area contributed by atoms with Gasteiger partial charge in [-0.1, -0.05) is 6.92 Å². The van der Waals surface area contributed by atoms with E-state index in [-0.39, 0.29) is 5.69 Å². The highest BCUT2D eigenvalue weighted by Crippen LogP contribution is 2.31. The van der Waals surface area contributed by atoms with E-state index in [2.05, 4.69) is 28.2 Å². The molecular weight excluding hydrogens is 324 g/mol. The van der Waals surface area contributed by atoms with E-state index >= 15 is 0 Å². The molecule has 0 saturated carbocycles. The van der Waals surface area contributed by atoms with Crippen molar-refractivity contribution in [1.29, 1.82) is 0 Å². The highest BCUT2D eigenvalue weighted by molar-refractivity contribution is 9.10. The summed E-state index contributed by atoms with van der Waals surface area (Å²) < 4.78 is 6.15. The number of furan rings is 1. The highest BCUT2D eigenvalue weighted by atomic mass is 79.9. The molecule has 1 aromatic heterocycles. The monoisotopic (exact) mass is 338 g/mol.